The minimum Gasteiger partial charge on any atom is -0.393 e. The van der Waals surface area contributed by atoms with Crippen LogP contribution in [0, 0.1) is 0 Å². The van der Waals surface area contributed by atoms with E-state index in [4.69, 9.17) is 15.9 Å². The van der Waals surface area contributed by atoms with Crippen molar-refractivity contribution in [1.82, 2.24) is 0 Å². The van der Waals surface area contributed by atoms with Crippen LogP contribution in [0.3, 0.4) is 0 Å². The van der Waals surface area contributed by atoms with Crippen LogP contribution in [-0.4, -0.2) is 28.0 Å². The Labute approximate surface area is 68.2 Å². The van der Waals surface area contributed by atoms with Gasteiger partial charge in [0.25, 0.3) is 0 Å². The van der Waals surface area contributed by atoms with E-state index in [0.717, 1.165) is 0 Å². The number of aliphatic hydroxyl groups excluding tert-OH is 2. The first-order chi connectivity index (χ1) is 4.83. The third kappa shape index (κ3) is 6.28. The molecule has 0 rings (SSSR count). The Kier molecular flexibility index (Phi) is 4.00. The Morgan fingerprint density at radius 3 is 1.64 bits per heavy atom. The molecule has 2 atom stereocenters. The van der Waals surface area contributed by atoms with E-state index in [0.29, 0.717) is 12.8 Å². The fourth-order valence-electron chi connectivity index (χ4n) is 1.43. The molecule has 0 spiro atoms. The molecule has 0 heterocycles. The van der Waals surface area contributed by atoms with Gasteiger partial charge in [-0.1, -0.05) is 0 Å². The monoisotopic (exact) mass is 161 g/mol. The Bertz CT molecular complexity index is 98.7. The second kappa shape index (κ2) is 4.04. The Morgan fingerprint density at radius 1 is 1.18 bits per heavy atom. The van der Waals surface area contributed by atoms with E-state index in [2.05, 4.69) is 0 Å². The lowest BCUT2D eigenvalue weighted by atomic mass is 9.90. The average Bonchev–Trinajstić information content (AvgIpc) is 1.53. The maximum absolute atomic E-state index is 9.04. The topological polar surface area (TPSA) is 66.5 Å². The molecule has 0 aromatic heterocycles. The van der Waals surface area contributed by atoms with Gasteiger partial charge in [0.2, 0.25) is 0 Å². The zero-order valence-corrected chi connectivity index (χ0v) is 7.54. The Hall–Kier alpha value is -0.120. The van der Waals surface area contributed by atoms with E-state index < -0.39 is 17.7 Å². The lowest BCUT2D eigenvalue weighted by molar-refractivity contribution is 0.111. The van der Waals surface area contributed by atoms with E-state index in [-0.39, 0.29) is 0 Å². The summed E-state index contributed by atoms with van der Waals surface area (Å²) in [6.07, 6.45) is 0.253. The van der Waals surface area contributed by atoms with Crippen molar-refractivity contribution in [3.05, 3.63) is 0 Å². The van der Waals surface area contributed by atoms with Gasteiger partial charge >= 0.3 is 0 Å². The molecule has 0 amide bonds. The van der Waals surface area contributed by atoms with Gasteiger partial charge < -0.3 is 15.9 Å². The summed E-state index contributed by atoms with van der Waals surface area (Å²) in [6.45, 7) is 5.24. The van der Waals surface area contributed by atoms with Gasteiger partial charge in [0.05, 0.1) is 12.2 Å². The van der Waals surface area contributed by atoms with Crippen molar-refractivity contribution in [2.75, 3.05) is 0 Å². The summed E-state index contributed by atoms with van der Waals surface area (Å²) in [4.78, 5) is 0. The Balaban J connectivity index is 3.79. The van der Waals surface area contributed by atoms with Crippen molar-refractivity contribution >= 4 is 0 Å². The van der Waals surface area contributed by atoms with Crippen molar-refractivity contribution in [3.8, 4) is 0 Å². The van der Waals surface area contributed by atoms with Crippen LogP contribution in [0.4, 0.5) is 0 Å². The smallest absolute Gasteiger partial charge is 0.0529 e. The van der Waals surface area contributed by atoms with Crippen LogP contribution < -0.4 is 5.73 Å². The number of nitrogens with two attached hydrogens (primary N) is 1. The van der Waals surface area contributed by atoms with Crippen LogP contribution in [-0.2, 0) is 0 Å². The molecule has 2 unspecified atom stereocenters. The third-order valence-corrected chi connectivity index (χ3v) is 1.52. The van der Waals surface area contributed by atoms with Crippen LogP contribution in [0.15, 0.2) is 0 Å². The molecule has 0 aliphatic heterocycles. The Morgan fingerprint density at radius 2 is 1.45 bits per heavy atom. The number of hydrogen-bond acceptors (Lipinski definition) is 3. The van der Waals surface area contributed by atoms with E-state index in [9.17, 15) is 0 Å². The first-order valence-electron chi connectivity index (χ1n) is 3.98. The molecule has 68 valence electrons. The van der Waals surface area contributed by atoms with Crippen molar-refractivity contribution in [3.63, 3.8) is 0 Å². The number of hydrogen-bond donors (Lipinski definition) is 3. The summed E-state index contributed by atoms with van der Waals surface area (Å²) in [5.74, 6) is 0. The first kappa shape index (κ1) is 10.9. The van der Waals surface area contributed by atoms with Crippen LogP contribution in [0.2, 0.25) is 0 Å². The minimum atomic E-state index is -0.456. The van der Waals surface area contributed by atoms with Crippen LogP contribution in [0.5, 0.6) is 0 Å². The molecule has 0 aromatic carbocycles. The largest absolute Gasteiger partial charge is 0.393 e. The number of aliphatic hydroxyl groups is 2. The quantitative estimate of drug-likeness (QED) is 0.553. The lowest BCUT2D eigenvalue weighted by Crippen LogP contribution is -2.41. The summed E-state index contributed by atoms with van der Waals surface area (Å²) in [5, 5.41) is 18.1. The van der Waals surface area contributed by atoms with Gasteiger partial charge in [0.15, 0.2) is 0 Å². The summed E-state index contributed by atoms with van der Waals surface area (Å²) in [5.41, 5.74) is 5.34. The molecule has 0 aromatic rings. The van der Waals surface area contributed by atoms with Crippen molar-refractivity contribution < 1.29 is 10.2 Å². The van der Waals surface area contributed by atoms with Gasteiger partial charge in [-0.15, -0.1) is 0 Å². The molecular weight excluding hydrogens is 142 g/mol. The first-order valence-corrected chi connectivity index (χ1v) is 3.98. The highest BCUT2D eigenvalue weighted by Crippen LogP contribution is 2.15. The van der Waals surface area contributed by atoms with Crippen LogP contribution in [0.1, 0.15) is 33.6 Å². The predicted octanol–water partition coefficient (Wildman–Crippen LogP) is 0.246. The lowest BCUT2D eigenvalue weighted by Gasteiger charge is -2.27. The van der Waals surface area contributed by atoms with Gasteiger partial charge in [-0.3, -0.25) is 0 Å². The van der Waals surface area contributed by atoms with Crippen molar-refractivity contribution in [2.45, 2.75) is 51.4 Å². The molecule has 0 aliphatic rings. The SMILES string of the molecule is CC(O)CC(C)(N)CC(C)O. The summed E-state index contributed by atoms with van der Waals surface area (Å²) >= 11 is 0. The molecule has 0 saturated carbocycles. The summed E-state index contributed by atoms with van der Waals surface area (Å²) in [6, 6.07) is 0. The predicted molar refractivity (Wildman–Crippen MR) is 45.2 cm³/mol. The van der Waals surface area contributed by atoms with Gasteiger partial charge in [-0.25, -0.2) is 0 Å². The van der Waals surface area contributed by atoms with Gasteiger partial charge in [-0.05, 0) is 33.6 Å². The summed E-state index contributed by atoms with van der Waals surface area (Å²) < 4.78 is 0. The molecule has 0 saturated heterocycles. The zero-order valence-electron chi connectivity index (χ0n) is 7.54. The second-order valence-electron chi connectivity index (χ2n) is 3.76. The van der Waals surface area contributed by atoms with E-state index >= 15 is 0 Å². The molecular formula is C8H19NO2. The van der Waals surface area contributed by atoms with Crippen LogP contribution in [0.25, 0.3) is 0 Å². The normalized spacial score (nSPS) is 22.4. The van der Waals surface area contributed by atoms with Gasteiger partial charge in [0, 0.05) is 5.54 Å². The van der Waals surface area contributed by atoms with Crippen LogP contribution >= 0.6 is 0 Å². The maximum Gasteiger partial charge on any atom is 0.0529 e. The van der Waals surface area contributed by atoms with E-state index in [1.807, 2.05) is 6.92 Å². The molecule has 0 fully saturated rings. The average molecular weight is 161 g/mol. The van der Waals surface area contributed by atoms with Gasteiger partial charge in [0.1, 0.15) is 0 Å². The second-order valence-corrected chi connectivity index (χ2v) is 3.76. The van der Waals surface area contributed by atoms with Crippen molar-refractivity contribution in [1.29, 1.82) is 0 Å². The molecule has 4 N–H and O–H groups in total. The highest BCUT2D eigenvalue weighted by Gasteiger charge is 2.22. The maximum atomic E-state index is 9.04. The third-order valence-electron chi connectivity index (χ3n) is 1.52. The number of rotatable bonds is 4. The van der Waals surface area contributed by atoms with E-state index in [1.54, 1.807) is 13.8 Å². The zero-order chi connectivity index (χ0) is 9.07. The molecule has 0 bridgehead atoms. The molecule has 0 aliphatic carbocycles. The molecule has 3 heteroatoms. The highest BCUT2D eigenvalue weighted by atomic mass is 16.3. The van der Waals surface area contributed by atoms with E-state index in [1.165, 1.54) is 0 Å². The standard InChI is InChI=1S/C8H19NO2/c1-6(10)4-8(3,9)5-7(2)11/h6-7,10-11H,4-5,9H2,1-3H3. The fourth-order valence-corrected chi connectivity index (χ4v) is 1.43. The van der Waals surface area contributed by atoms with Crippen molar-refractivity contribution in [2.24, 2.45) is 5.73 Å². The minimum absolute atomic E-state index is 0.399. The molecule has 11 heavy (non-hydrogen) atoms. The summed E-state index contributed by atoms with van der Waals surface area (Å²) in [7, 11) is 0. The molecule has 0 radical (unpaired) electrons. The fraction of sp³-hybridized carbons (Fsp3) is 1.00. The highest BCUT2D eigenvalue weighted by molar-refractivity contribution is 4.82. The van der Waals surface area contributed by atoms with Gasteiger partial charge in [-0.2, -0.15) is 0 Å². The molecule has 3 nitrogen and oxygen atoms in total.